The second kappa shape index (κ2) is 7.58. The molecule has 9 nitrogen and oxygen atoms in total. The Morgan fingerprint density at radius 2 is 2.13 bits per heavy atom. The van der Waals surface area contributed by atoms with Gasteiger partial charge in [0.1, 0.15) is 22.9 Å². The Morgan fingerprint density at radius 3 is 2.83 bits per heavy atom. The summed E-state index contributed by atoms with van der Waals surface area (Å²) in [7, 11) is 1.34. The summed E-state index contributed by atoms with van der Waals surface area (Å²) in [6.07, 6.45) is 6.39. The number of hydrogen-bond acceptors (Lipinski definition) is 6. The SMILES string of the molecule is COc1cc(F)cc([C@](O)(CO)NC(=O)c2cnc3cc(-c4cn[nH]c4)ccn23)c1. The molecule has 0 unspecified atom stereocenters. The van der Waals surface area contributed by atoms with Crippen LogP contribution in [0.1, 0.15) is 16.1 Å². The van der Waals surface area contributed by atoms with Crippen LogP contribution in [0.15, 0.2) is 55.1 Å². The fourth-order valence-electron chi connectivity index (χ4n) is 3.11. The molecule has 30 heavy (non-hydrogen) atoms. The minimum Gasteiger partial charge on any atom is -0.497 e. The van der Waals surface area contributed by atoms with Crippen LogP contribution in [0.25, 0.3) is 16.8 Å². The standard InChI is InChI=1S/C20H18FN5O4/c1-30-16-6-14(5-15(21)7-16)20(29,11-27)25-19(28)17-10-22-18-4-12(2-3-26(17)18)13-8-23-24-9-13/h2-10,27,29H,11H2,1H3,(H,23,24)(H,25,28)/t20-/m1/s1. The van der Waals surface area contributed by atoms with Crippen molar-refractivity contribution in [3.63, 3.8) is 0 Å². The van der Waals surface area contributed by atoms with Crippen molar-refractivity contribution in [2.75, 3.05) is 13.7 Å². The minimum absolute atomic E-state index is 0.0636. The molecule has 4 rings (SSSR count). The van der Waals surface area contributed by atoms with Gasteiger partial charge in [0.05, 0.1) is 26.1 Å². The number of methoxy groups -OCH3 is 1. The van der Waals surface area contributed by atoms with Crippen molar-refractivity contribution in [1.29, 1.82) is 0 Å². The van der Waals surface area contributed by atoms with Gasteiger partial charge in [-0.3, -0.25) is 14.3 Å². The number of aromatic nitrogens is 4. The third-order valence-corrected chi connectivity index (χ3v) is 4.71. The number of imidazole rings is 1. The van der Waals surface area contributed by atoms with E-state index in [0.29, 0.717) is 5.65 Å². The Bertz CT molecular complexity index is 1210. The average molecular weight is 411 g/mol. The quantitative estimate of drug-likeness (QED) is 0.356. The van der Waals surface area contributed by atoms with Gasteiger partial charge in [0.15, 0.2) is 5.72 Å². The normalized spacial score (nSPS) is 13.2. The van der Waals surface area contributed by atoms with E-state index in [2.05, 4.69) is 20.5 Å². The number of pyridine rings is 1. The number of aliphatic hydroxyl groups is 2. The third kappa shape index (κ3) is 3.49. The number of hydrogen-bond donors (Lipinski definition) is 4. The fraction of sp³-hybridized carbons (Fsp3) is 0.150. The van der Waals surface area contributed by atoms with Gasteiger partial charge in [-0.15, -0.1) is 0 Å². The zero-order chi connectivity index (χ0) is 21.3. The molecular formula is C20H18FN5O4. The molecule has 1 aromatic carbocycles. The first-order chi connectivity index (χ1) is 14.4. The van der Waals surface area contributed by atoms with Crippen molar-refractivity contribution in [2.45, 2.75) is 5.72 Å². The van der Waals surface area contributed by atoms with E-state index in [9.17, 15) is 19.4 Å². The Balaban J connectivity index is 1.65. The van der Waals surface area contributed by atoms with Gasteiger partial charge in [-0.05, 0) is 29.8 Å². The molecular weight excluding hydrogens is 393 g/mol. The summed E-state index contributed by atoms with van der Waals surface area (Å²) in [5.41, 5.74) is 0.0469. The van der Waals surface area contributed by atoms with Gasteiger partial charge < -0.3 is 20.3 Å². The molecule has 154 valence electrons. The predicted molar refractivity (Wildman–Crippen MR) is 104 cm³/mol. The molecule has 0 aliphatic rings. The molecule has 4 N–H and O–H groups in total. The maximum absolute atomic E-state index is 13.8. The average Bonchev–Trinajstić information content (AvgIpc) is 3.42. The van der Waals surface area contributed by atoms with Crippen LogP contribution in [0.3, 0.4) is 0 Å². The van der Waals surface area contributed by atoms with Crippen LogP contribution < -0.4 is 10.1 Å². The largest absolute Gasteiger partial charge is 0.497 e. The molecule has 3 heterocycles. The van der Waals surface area contributed by atoms with Gasteiger partial charge in [0, 0.05) is 29.6 Å². The molecule has 0 bridgehead atoms. The Kier molecular flexibility index (Phi) is 4.94. The summed E-state index contributed by atoms with van der Waals surface area (Å²) in [5.74, 6) is -1.27. The van der Waals surface area contributed by atoms with Crippen LogP contribution in [-0.2, 0) is 5.72 Å². The number of nitrogens with one attached hydrogen (secondary N) is 2. The molecule has 0 aliphatic carbocycles. The molecule has 0 saturated heterocycles. The smallest absolute Gasteiger partial charge is 0.272 e. The third-order valence-electron chi connectivity index (χ3n) is 4.71. The zero-order valence-corrected chi connectivity index (χ0v) is 15.8. The van der Waals surface area contributed by atoms with Gasteiger partial charge in [-0.2, -0.15) is 5.10 Å². The molecule has 0 radical (unpaired) electrons. The number of aliphatic hydroxyl groups excluding tert-OH is 1. The summed E-state index contributed by atoms with van der Waals surface area (Å²) in [5, 5.41) is 29.5. The number of H-pyrrole nitrogens is 1. The molecule has 4 aromatic rings. The van der Waals surface area contributed by atoms with Crippen molar-refractivity contribution < 1.29 is 24.1 Å². The van der Waals surface area contributed by atoms with E-state index in [1.807, 2.05) is 0 Å². The molecule has 0 spiro atoms. The molecule has 10 heteroatoms. The number of nitrogens with zero attached hydrogens (tertiary/aromatic N) is 3. The highest BCUT2D eigenvalue weighted by atomic mass is 19.1. The summed E-state index contributed by atoms with van der Waals surface area (Å²) < 4.78 is 20.4. The second-order valence-corrected chi connectivity index (χ2v) is 6.63. The van der Waals surface area contributed by atoms with Crippen LogP contribution >= 0.6 is 0 Å². The number of fused-ring (bicyclic) bond motifs is 1. The molecule has 1 amide bonds. The van der Waals surface area contributed by atoms with E-state index in [0.717, 1.165) is 23.3 Å². The van der Waals surface area contributed by atoms with Crippen molar-refractivity contribution in [3.05, 3.63) is 72.2 Å². The summed E-state index contributed by atoms with van der Waals surface area (Å²) >= 11 is 0. The Morgan fingerprint density at radius 1 is 1.30 bits per heavy atom. The summed E-state index contributed by atoms with van der Waals surface area (Å²) in [6.45, 7) is -0.882. The lowest BCUT2D eigenvalue weighted by Crippen LogP contribution is -2.49. The number of carbonyl (C=O) groups excluding carboxylic acids is 1. The lowest BCUT2D eigenvalue weighted by Gasteiger charge is -2.27. The van der Waals surface area contributed by atoms with Crippen LogP contribution in [0, 0.1) is 5.82 Å². The van der Waals surface area contributed by atoms with E-state index in [-0.39, 0.29) is 17.0 Å². The van der Waals surface area contributed by atoms with E-state index >= 15 is 0 Å². The number of halogens is 1. The van der Waals surface area contributed by atoms with E-state index in [1.165, 1.54) is 23.8 Å². The first-order valence-corrected chi connectivity index (χ1v) is 8.90. The van der Waals surface area contributed by atoms with Gasteiger partial charge in [0.25, 0.3) is 5.91 Å². The van der Waals surface area contributed by atoms with Crippen molar-refractivity contribution >= 4 is 11.6 Å². The summed E-state index contributed by atoms with van der Waals surface area (Å²) in [4.78, 5) is 17.1. The van der Waals surface area contributed by atoms with E-state index < -0.39 is 24.1 Å². The number of aromatic amines is 1. The van der Waals surface area contributed by atoms with Crippen LogP contribution in [0.4, 0.5) is 4.39 Å². The molecule has 0 fully saturated rings. The van der Waals surface area contributed by atoms with Gasteiger partial charge in [0.2, 0.25) is 0 Å². The maximum Gasteiger partial charge on any atom is 0.272 e. The predicted octanol–water partition coefficient (Wildman–Crippen LogP) is 1.44. The van der Waals surface area contributed by atoms with Gasteiger partial charge >= 0.3 is 0 Å². The maximum atomic E-state index is 13.8. The van der Waals surface area contributed by atoms with E-state index in [4.69, 9.17) is 4.74 Å². The number of carbonyl (C=O) groups is 1. The number of ether oxygens (including phenoxy) is 1. The van der Waals surface area contributed by atoms with Crippen LogP contribution in [-0.4, -0.2) is 49.4 Å². The fourth-order valence-corrected chi connectivity index (χ4v) is 3.11. The van der Waals surface area contributed by atoms with Gasteiger partial charge in [-0.1, -0.05) is 0 Å². The summed E-state index contributed by atoms with van der Waals surface area (Å²) in [6, 6.07) is 7.00. The second-order valence-electron chi connectivity index (χ2n) is 6.63. The number of amides is 1. The minimum atomic E-state index is -2.23. The highest BCUT2D eigenvalue weighted by Gasteiger charge is 2.33. The molecule has 0 saturated carbocycles. The highest BCUT2D eigenvalue weighted by Crippen LogP contribution is 2.25. The van der Waals surface area contributed by atoms with Crippen molar-refractivity contribution in [1.82, 2.24) is 24.9 Å². The first-order valence-electron chi connectivity index (χ1n) is 8.90. The monoisotopic (exact) mass is 411 g/mol. The number of benzene rings is 1. The first kappa shape index (κ1) is 19.6. The van der Waals surface area contributed by atoms with Crippen molar-refractivity contribution in [3.8, 4) is 16.9 Å². The lowest BCUT2D eigenvalue weighted by atomic mass is 10.0. The number of rotatable bonds is 6. The highest BCUT2D eigenvalue weighted by molar-refractivity contribution is 5.94. The lowest BCUT2D eigenvalue weighted by molar-refractivity contribution is -0.0423. The zero-order valence-electron chi connectivity index (χ0n) is 15.8. The topological polar surface area (TPSA) is 125 Å². The molecule has 0 aliphatic heterocycles. The Labute approximate surface area is 169 Å². The molecule has 1 atom stereocenters. The van der Waals surface area contributed by atoms with E-state index in [1.54, 1.807) is 30.7 Å². The van der Waals surface area contributed by atoms with Crippen LogP contribution in [0.2, 0.25) is 0 Å². The van der Waals surface area contributed by atoms with Crippen molar-refractivity contribution in [2.24, 2.45) is 0 Å². The molecule has 3 aromatic heterocycles. The van der Waals surface area contributed by atoms with Gasteiger partial charge in [-0.25, -0.2) is 9.37 Å². The Hall–Kier alpha value is -3.76. The van der Waals surface area contributed by atoms with Crippen LogP contribution in [0.5, 0.6) is 5.75 Å².